The van der Waals surface area contributed by atoms with Gasteiger partial charge >= 0.3 is 0 Å². The van der Waals surface area contributed by atoms with Gasteiger partial charge in [-0.3, -0.25) is 9.59 Å². The Morgan fingerprint density at radius 3 is 2.70 bits per heavy atom. The topological polar surface area (TPSA) is 67.9 Å². The average Bonchev–Trinajstić information content (AvgIpc) is 3.49. The van der Waals surface area contributed by atoms with Crippen molar-refractivity contribution in [3.8, 4) is 5.75 Å². The van der Waals surface area contributed by atoms with Crippen molar-refractivity contribution in [3.05, 3.63) is 42.0 Å². The largest absolute Gasteiger partial charge is 0.496 e. The summed E-state index contributed by atoms with van der Waals surface area (Å²) in [6.45, 7) is 4.55. The van der Waals surface area contributed by atoms with Crippen LogP contribution < -0.4 is 10.1 Å². The summed E-state index contributed by atoms with van der Waals surface area (Å²) in [5.74, 6) is -0.176. The predicted molar refractivity (Wildman–Crippen MR) is 112 cm³/mol. The van der Waals surface area contributed by atoms with Crippen molar-refractivity contribution < 1.29 is 19.1 Å². The first-order chi connectivity index (χ1) is 14.4. The Bertz CT molecular complexity index is 904. The lowest BCUT2D eigenvalue weighted by atomic mass is 9.76. The molecule has 4 aliphatic rings. The van der Waals surface area contributed by atoms with Crippen molar-refractivity contribution in [3.63, 3.8) is 0 Å². The third-order valence-electron chi connectivity index (χ3n) is 7.50. The van der Waals surface area contributed by atoms with Gasteiger partial charge in [-0.15, -0.1) is 0 Å². The minimum atomic E-state index is -0.651. The molecule has 30 heavy (non-hydrogen) atoms. The summed E-state index contributed by atoms with van der Waals surface area (Å²) in [5.41, 5.74) is -0.0856. The van der Waals surface area contributed by atoms with Gasteiger partial charge in [-0.05, 0) is 32.8 Å². The molecule has 4 unspecified atom stereocenters. The van der Waals surface area contributed by atoms with Crippen molar-refractivity contribution in [1.82, 2.24) is 10.2 Å². The number of benzene rings is 1. The molecule has 2 saturated heterocycles. The number of para-hydroxylation sites is 1. The Balaban J connectivity index is 1.46. The second-order valence-corrected chi connectivity index (χ2v) is 9.44. The number of hydrogen-bond donors (Lipinski definition) is 1. The maximum Gasteiger partial charge on any atom is 0.230 e. The lowest BCUT2D eigenvalue weighted by Gasteiger charge is -2.35. The Labute approximate surface area is 177 Å². The zero-order valence-electron chi connectivity index (χ0n) is 17.9. The van der Waals surface area contributed by atoms with Gasteiger partial charge in [0.15, 0.2) is 0 Å². The fraction of sp³-hybridized carbons (Fsp3) is 0.583. The number of carbonyl (C=O) groups is 2. The van der Waals surface area contributed by atoms with E-state index >= 15 is 0 Å². The van der Waals surface area contributed by atoms with E-state index in [-0.39, 0.29) is 24.0 Å². The molecule has 5 rings (SSSR count). The molecule has 2 bridgehead atoms. The molecule has 3 aliphatic heterocycles. The molecule has 4 atom stereocenters. The maximum atomic E-state index is 13.7. The minimum absolute atomic E-state index is 0.0368. The van der Waals surface area contributed by atoms with Gasteiger partial charge in [-0.25, -0.2) is 0 Å². The van der Waals surface area contributed by atoms with Gasteiger partial charge in [-0.1, -0.05) is 43.2 Å². The zero-order valence-corrected chi connectivity index (χ0v) is 17.9. The van der Waals surface area contributed by atoms with Crippen molar-refractivity contribution in [2.45, 2.75) is 62.8 Å². The standard InChI is InChI=1S/C24H30N2O4/c1-15(2)26-14-24-13-10-18(30-24)19(20(24)22(26)28)21(27)25-23(11-6-7-12-23)16-8-4-5-9-17(16)29-3/h4-5,8-10,13,15,18-20H,6-7,11-12,14H2,1-3H3,(H,25,27). The van der Waals surface area contributed by atoms with Crippen LogP contribution in [0.5, 0.6) is 5.75 Å². The monoisotopic (exact) mass is 410 g/mol. The van der Waals surface area contributed by atoms with Crippen LogP contribution in [0.3, 0.4) is 0 Å². The molecule has 0 aromatic heterocycles. The number of hydrogen-bond acceptors (Lipinski definition) is 4. The molecular weight excluding hydrogens is 380 g/mol. The molecule has 2 amide bonds. The normalized spacial score (nSPS) is 33.4. The quantitative estimate of drug-likeness (QED) is 0.758. The number of ether oxygens (including phenoxy) is 2. The Hall–Kier alpha value is -2.34. The first-order valence-corrected chi connectivity index (χ1v) is 11.0. The lowest BCUT2D eigenvalue weighted by molar-refractivity contribution is -0.139. The highest BCUT2D eigenvalue weighted by molar-refractivity contribution is 5.93. The predicted octanol–water partition coefficient (Wildman–Crippen LogP) is 2.77. The van der Waals surface area contributed by atoms with Crippen LogP contribution in [-0.4, -0.2) is 48.1 Å². The number of amides is 2. The van der Waals surface area contributed by atoms with E-state index in [9.17, 15) is 9.59 Å². The smallest absolute Gasteiger partial charge is 0.230 e. The summed E-state index contributed by atoms with van der Waals surface area (Å²) < 4.78 is 11.9. The molecule has 1 spiro atoms. The highest BCUT2D eigenvalue weighted by Gasteiger charge is 2.67. The van der Waals surface area contributed by atoms with Crippen LogP contribution in [-0.2, 0) is 19.9 Å². The second kappa shape index (κ2) is 6.84. The fourth-order valence-electron chi connectivity index (χ4n) is 6.06. The Kier molecular flexibility index (Phi) is 4.47. The first-order valence-electron chi connectivity index (χ1n) is 11.0. The van der Waals surface area contributed by atoms with Crippen LogP contribution in [0.4, 0.5) is 0 Å². The molecule has 1 aromatic rings. The molecule has 3 fully saturated rings. The first kappa shape index (κ1) is 19.6. The molecule has 6 nitrogen and oxygen atoms in total. The van der Waals surface area contributed by atoms with Gasteiger partial charge in [0.05, 0.1) is 37.1 Å². The summed E-state index contributed by atoms with van der Waals surface area (Å²) >= 11 is 0. The summed E-state index contributed by atoms with van der Waals surface area (Å²) in [6.07, 6.45) is 7.50. The molecular formula is C24H30N2O4. The van der Waals surface area contributed by atoms with Gasteiger partial charge in [0.2, 0.25) is 11.8 Å². The van der Waals surface area contributed by atoms with E-state index < -0.39 is 23.0 Å². The lowest BCUT2D eigenvalue weighted by Crippen LogP contribution is -2.51. The molecule has 1 aliphatic carbocycles. The van der Waals surface area contributed by atoms with Crippen molar-refractivity contribution >= 4 is 11.8 Å². The van der Waals surface area contributed by atoms with E-state index in [1.165, 1.54) is 0 Å². The van der Waals surface area contributed by atoms with Gasteiger partial charge < -0.3 is 19.7 Å². The van der Waals surface area contributed by atoms with Crippen LogP contribution in [0, 0.1) is 11.8 Å². The minimum Gasteiger partial charge on any atom is -0.496 e. The number of rotatable bonds is 5. The summed E-state index contributed by atoms with van der Waals surface area (Å²) in [7, 11) is 1.67. The second-order valence-electron chi connectivity index (χ2n) is 9.44. The SMILES string of the molecule is COc1ccccc1C1(NC(=O)C2C3C=CC4(CN(C(C)C)C(=O)C24)O3)CCCC1. The van der Waals surface area contributed by atoms with Crippen molar-refractivity contribution in [2.24, 2.45) is 11.8 Å². The number of nitrogens with one attached hydrogen (secondary N) is 1. The van der Waals surface area contributed by atoms with E-state index in [0.717, 1.165) is 37.0 Å². The highest BCUT2D eigenvalue weighted by atomic mass is 16.5. The summed E-state index contributed by atoms with van der Waals surface area (Å²) in [4.78, 5) is 28.8. The summed E-state index contributed by atoms with van der Waals surface area (Å²) in [6, 6.07) is 8.02. The molecule has 1 saturated carbocycles. The molecule has 6 heteroatoms. The summed E-state index contributed by atoms with van der Waals surface area (Å²) in [5, 5.41) is 3.38. The maximum absolute atomic E-state index is 13.7. The number of nitrogens with zero attached hydrogens (tertiary/aromatic N) is 1. The van der Waals surface area contributed by atoms with Crippen LogP contribution in [0.25, 0.3) is 0 Å². The van der Waals surface area contributed by atoms with E-state index in [0.29, 0.717) is 6.54 Å². The third kappa shape index (κ3) is 2.66. The Morgan fingerprint density at radius 1 is 1.27 bits per heavy atom. The van der Waals surface area contributed by atoms with Crippen LogP contribution >= 0.6 is 0 Å². The number of methoxy groups -OCH3 is 1. The van der Waals surface area contributed by atoms with E-state index in [1.54, 1.807) is 7.11 Å². The van der Waals surface area contributed by atoms with E-state index in [1.807, 2.05) is 55.2 Å². The molecule has 3 heterocycles. The van der Waals surface area contributed by atoms with E-state index in [4.69, 9.17) is 9.47 Å². The van der Waals surface area contributed by atoms with Gasteiger partial charge in [0, 0.05) is 11.6 Å². The van der Waals surface area contributed by atoms with Gasteiger partial charge in [-0.2, -0.15) is 0 Å². The highest BCUT2D eigenvalue weighted by Crippen LogP contribution is 2.53. The fourth-order valence-corrected chi connectivity index (χ4v) is 6.06. The number of likely N-dealkylation sites (tertiary alicyclic amines) is 1. The van der Waals surface area contributed by atoms with Gasteiger partial charge in [0.25, 0.3) is 0 Å². The number of carbonyl (C=O) groups excluding carboxylic acids is 2. The van der Waals surface area contributed by atoms with Crippen molar-refractivity contribution in [1.29, 1.82) is 0 Å². The van der Waals surface area contributed by atoms with Crippen LogP contribution in [0.1, 0.15) is 45.1 Å². The molecule has 160 valence electrons. The van der Waals surface area contributed by atoms with Crippen LogP contribution in [0.2, 0.25) is 0 Å². The van der Waals surface area contributed by atoms with Crippen LogP contribution in [0.15, 0.2) is 36.4 Å². The third-order valence-corrected chi connectivity index (χ3v) is 7.50. The number of fused-ring (bicyclic) bond motifs is 1. The molecule has 0 radical (unpaired) electrons. The zero-order chi connectivity index (χ0) is 21.1. The van der Waals surface area contributed by atoms with Crippen molar-refractivity contribution in [2.75, 3.05) is 13.7 Å². The Morgan fingerprint density at radius 2 is 2.00 bits per heavy atom. The molecule has 1 N–H and O–H groups in total. The van der Waals surface area contributed by atoms with E-state index in [2.05, 4.69) is 5.32 Å². The van der Waals surface area contributed by atoms with Gasteiger partial charge in [0.1, 0.15) is 11.4 Å². The molecule has 1 aromatic carbocycles. The average molecular weight is 411 g/mol.